The van der Waals surface area contributed by atoms with Crippen LogP contribution < -0.4 is 16.4 Å². The normalized spacial score (nSPS) is 42.6. The summed E-state index contributed by atoms with van der Waals surface area (Å²) < 4.78 is 0. The number of likely N-dealkylation sites (tertiary alicyclic amines) is 1. The van der Waals surface area contributed by atoms with Crippen molar-refractivity contribution in [1.29, 1.82) is 5.41 Å². The van der Waals surface area contributed by atoms with Crippen molar-refractivity contribution in [2.45, 2.75) is 102 Å². The Balaban J connectivity index is 1.33. The standard InChI is InChI=1S/C26H45N5O/c27-25(28)19-11-10-18-13-24(26(32)30-21-8-4-12-29-15-21)31(23(18)14-19)16-20-7-3-6-17-5-1-2-9-22(17)20/h17-24,29H,1-16H2,(H3,27,28)(H,30,32)/t17?,18?,19?,20?,21-,22?,23?,24?/m0/s1. The number of nitrogens with one attached hydrogen (secondary N) is 3. The molecule has 0 spiro atoms. The molecule has 5 N–H and O–H groups in total. The van der Waals surface area contributed by atoms with Crippen molar-refractivity contribution in [1.82, 2.24) is 15.5 Å². The highest BCUT2D eigenvalue weighted by atomic mass is 16.2. The second kappa shape index (κ2) is 10.0. The highest BCUT2D eigenvalue weighted by Crippen LogP contribution is 2.47. The average molecular weight is 444 g/mol. The van der Waals surface area contributed by atoms with Gasteiger partial charge in [-0.15, -0.1) is 0 Å². The smallest absolute Gasteiger partial charge is 0.237 e. The number of amidine groups is 1. The van der Waals surface area contributed by atoms with Gasteiger partial charge in [0.25, 0.3) is 0 Å². The number of piperidine rings is 1. The first-order valence-electron chi connectivity index (χ1n) is 13.7. The summed E-state index contributed by atoms with van der Waals surface area (Å²) in [5, 5.41) is 14.9. The zero-order chi connectivity index (χ0) is 22.1. The Morgan fingerprint density at radius 2 is 1.81 bits per heavy atom. The Labute approximate surface area is 194 Å². The maximum absolute atomic E-state index is 13.6. The second-order valence-electron chi connectivity index (χ2n) is 11.7. The minimum Gasteiger partial charge on any atom is -0.387 e. The van der Waals surface area contributed by atoms with Crippen LogP contribution in [0, 0.1) is 35.0 Å². The fourth-order valence-electron chi connectivity index (χ4n) is 8.19. The zero-order valence-electron chi connectivity index (χ0n) is 19.9. The van der Waals surface area contributed by atoms with Crippen LogP contribution in [0.2, 0.25) is 0 Å². The molecule has 5 fully saturated rings. The van der Waals surface area contributed by atoms with Crippen LogP contribution in [0.1, 0.15) is 83.5 Å². The summed E-state index contributed by atoms with van der Waals surface area (Å²) in [6.07, 6.45) is 16.2. The highest BCUT2D eigenvalue weighted by molar-refractivity contribution is 5.83. The van der Waals surface area contributed by atoms with Gasteiger partial charge in [0.05, 0.1) is 11.9 Å². The first kappa shape index (κ1) is 22.6. The van der Waals surface area contributed by atoms with Gasteiger partial charge in [-0.2, -0.15) is 0 Å². The fourth-order valence-corrected chi connectivity index (χ4v) is 8.19. The summed E-state index contributed by atoms with van der Waals surface area (Å²) >= 11 is 0. The Bertz CT molecular complexity index is 675. The van der Waals surface area contributed by atoms with Gasteiger partial charge < -0.3 is 16.4 Å². The van der Waals surface area contributed by atoms with E-state index in [0.29, 0.717) is 17.8 Å². The SMILES string of the molecule is N=C(N)C1CCC2CC(C(=O)N[C@H]3CCCNC3)N(CC3CCCC4CCCCC43)C2C1. The molecule has 0 aromatic carbocycles. The van der Waals surface area contributed by atoms with E-state index in [1.54, 1.807) is 0 Å². The zero-order valence-corrected chi connectivity index (χ0v) is 19.9. The van der Waals surface area contributed by atoms with Gasteiger partial charge >= 0.3 is 0 Å². The van der Waals surface area contributed by atoms with E-state index >= 15 is 0 Å². The van der Waals surface area contributed by atoms with Gasteiger partial charge in [-0.1, -0.05) is 32.1 Å². The van der Waals surface area contributed by atoms with Gasteiger partial charge in [0.1, 0.15) is 0 Å². The van der Waals surface area contributed by atoms with E-state index in [9.17, 15) is 4.79 Å². The first-order valence-corrected chi connectivity index (χ1v) is 13.7. The molecule has 1 amide bonds. The molecule has 0 aromatic rings. The van der Waals surface area contributed by atoms with Gasteiger partial charge in [-0.3, -0.25) is 15.1 Å². The number of carbonyl (C=O) groups excluding carboxylic acids is 1. The van der Waals surface area contributed by atoms with Crippen molar-refractivity contribution in [3.63, 3.8) is 0 Å². The van der Waals surface area contributed by atoms with E-state index in [1.807, 2.05) is 0 Å². The molecule has 6 nitrogen and oxygen atoms in total. The molecule has 8 atom stereocenters. The number of rotatable bonds is 5. The number of nitrogens with two attached hydrogens (primary N) is 1. The number of hydrogen-bond acceptors (Lipinski definition) is 4. The average Bonchev–Trinajstić information content (AvgIpc) is 3.18. The fraction of sp³-hybridized carbons (Fsp3) is 0.923. The van der Waals surface area contributed by atoms with Crippen LogP contribution in [0.25, 0.3) is 0 Å². The van der Waals surface area contributed by atoms with Crippen molar-refractivity contribution in [3.05, 3.63) is 0 Å². The van der Waals surface area contributed by atoms with E-state index in [-0.39, 0.29) is 23.9 Å². The van der Waals surface area contributed by atoms with Gasteiger partial charge in [0, 0.05) is 31.1 Å². The van der Waals surface area contributed by atoms with Crippen molar-refractivity contribution in [2.75, 3.05) is 19.6 Å². The van der Waals surface area contributed by atoms with Crippen LogP contribution in [-0.2, 0) is 4.79 Å². The van der Waals surface area contributed by atoms with Gasteiger partial charge in [0.2, 0.25) is 5.91 Å². The van der Waals surface area contributed by atoms with E-state index in [2.05, 4.69) is 15.5 Å². The Hall–Kier alpha value is -1.14. The molecule has 2 saturated heterocycles. The second-order valence-corrected chi connectivity index (χ2v) is 11.7. The Kier molecular flexibility index (Phi) is 7.08. The molecule has 32 heavy (non-hydrogen) atoms. The molecule has 0 aromatic heterocycles. The van der Waals surface area contributed by atoms with Gasteiger partial charge in [-0.05, 0) is 81.6 Å². The van der Waals surface area contributed by atoms with E-state index < -0.39 is 0 Å². The van der Waals surface area contributed by atoms with E-state index in [0.717, 1.165) is 75.9 Å². The summed E-state index contributed by atoms with van der Waals surface area (Å²) in [7, 11) is 0. The van der Waals surface area contributed by atoms with E-state index in [1.165, 1.54) is 44.9 Å². The van der Waals surface area contributed by atoms with Crippen LogP contribution in [0.4, 0.5) is 0 Å². The minimum absolute atomic E-state index is 0.0154. The first-order chi connectivity index (χ1) is 15.6. The van der Waals surface area contributed by atoms with Gasteiger partial charge in [-0.25, -0.2) is 0 Å². The number of amides is 1. The molecule has 0 bridgehead atoms. The molecule has 5 rings (SSSR count). The predicted molar refractivity (Wildman–Crippen MR) is 128 cm³/mol. The number of hydrogen-bond donors (Lipinski definition) is 4. The third-order valence-corrected chi connectivity index (χ3v) is 9.86. The highest BCUT2D eigenvalue weighted by Gasteiger charge is 2.49. The lowest BCUT2D eigenvalue weighted by atomic mass is 9.65. The lowest BCUT2D eigenvalue weighted by molar-refractivity contribution is -0.127. The molecule has 6 heteroatoms. The van der Waals surface area contributed by atoms with Crippen LogP contribution in [0.15, 0.2) is 0 Å². The quantitative estimate of drug-likeness (QED) is 0.387. The molecule has 5 aliphatic rings. The summed E-state index contributed by atoms with van der Waals surface area (Å²) in [4.78, 5) is 16.2. The summed E-state index contributed by atoms with van der Waals surface area (Å²) in [5.74, 6) is 3.97. The maximum Gasteiger partial charge on any atom is 0.237 e. The predicted octanol–water partition coefficient (Wildman–Crippen LogP) is 3.26. The van der Waals surface area contributed by atoms with E-state index in [4.69, 9.17) is 11.1 Å². The molecule has 3 saturated carbocycles. The monoisotopic (exact) mass is 443 g/mol. The van der Waals surface area contributed by atoms with Crippen LogP contribution >= 0.6 is 0 Å². The molecular weight excluding hydrogens is 398 g/mol. The van der Waals surface area contributed by atoms with Crippen LogP contribution in [0.3, 0.4) is 0 Å². The van der Waals surface area contributed by atoms with Crippen LogP contribution in [-0.4, -0.2) is 54.4 Å². The number of nitrogens with zero attached hydrogens (tertiary/aromatic N) is 1. The van der Waals surface area contributed by atoms with Crippen molar-refractivity contribution < 1.29 is 4.79 Å². The Morgan fingerprint density at radius 1 is 0.969 bits per heavy atom. The van der Waals surface area contributed by atoms with Gasteiger partial charge in [0.15, 0.2) is 0 Å². The lowest BCUT2D eigenvalue weighted by Gasteiger charge is -2.45. The summed E-state index contributed by atoms with van der Waals surface area (Å²) in [6, 6.07) is 0.728. The molecule has 180 valence electrons. The maximum atomic E-state index is 13.6. The molecule has 0 radical (unpaired) electrons. The third kappa shape index (κ3) is 4.72. The number of carbonyl (C=O) groups is 1. The summed E-state index contributed by atoms with van der Waals surface area (Å²) in [6.45, 7) is 3.07. The molecular formula is C26H45N5O. The molecule has 2 heterocycles. The Morgan fingerprint density at radius 3 is 2.62 bits per heavy atom. The third-order valence-electron chi connectivity index (χ3n) is 9.86. The molecule has 2 aliphatic heterocycles. The lowest BCUT2D eigenvalue weighted by Crippen LogP contribution is -2.54. The van der Waals surface area contributed by atoms with Crippen molar-refractivity contribution in [3.8, 4) is 0 Å². The van der Waals surface area contributed by atoms with Crippen molar-refractivity contribution >= 4 is 11.7 Å². The summed E-state index contributed by atoms with van der Waals surface area (Å²) in [5.41, 5.74) is 5.96. The topological polar surface area (TPSA) is 94.2 Å². The largest absolute Gasteiger partial charge is 0.387 e. The van der Waals surface area contributed by atoms with Crippen LogP contribution in [0.5, 0.6) is 0 Å². The number of fused-ring (bicyclic) bond motifs is 2. The molecule has 7 unspecified atom stereocenters. The minimum atomic E-state index is 0.0154. The molecule has 3 aliphatic carbocycles. The van der Waals surface area contributed by atoms with Crippen molar-refractivity contribution in [2.24, 2.45) is 35.3 Å².